The van der Waals surface area contributed by atoms with E-state index in [2.05, 4.69) is 39.8 Å². The van der Waals surface area contributed by atoms with Crippen molar-refractivity contribution in [3.05, 3.63) is 57.2 Å². The average molecular weight is 473 g/mol. The highest BCUT2D eigenvalue weighted by Crippen LogP contribution is 2.30. The fraction of sp³-hybridized carbons (Fsp3) is 0.458. The monoisotopic (exact) mass is 472 g/mol. The highest BCUT2D eigenvalue weighted by molar-refractivity contribution is 7.18. The van der Waals surface area contributed by atoms with E-state index in [0.717, 1.165) is 51.0 Å². The van der Waals surface area contributed by atoms with Crippen molar-refractivity contribution in [1.29, 1.82) is 0 Å². The van der Waals surface area contributed by atoms with E-state index in [1.807, 2.05) is 6.07 Å². The maximum Gasteiger partial charge on any atom is 0.261 e. The van der Waals surface area contributed by atoms with Crippen molar-refractivity contribution >= 4 is 40.6 Å². The lowest BCUT2D eigenvalue weighted by Gasteiger charge is -2.40. The van der Waals surface area contributed by atoms with E-state index in [4.69, 9.17) is 16.6 Å². The van der Waals surface area contributed by atoms with Crippen LogP contribution in [-0.4, -0.2) is 54.8 Å². The van der Waals surface area contributed by atoms with Crippen LogP contribution in [0.4, 0.5) is 0 Å². The summed E-state index contributed by atoms with van der Waals surface area (Å²) in [6, 6.07) is 14.3. The van der Waals surface area contributed by atoms with Crippen LogP contribution in [0.3, 0.4) is 0 Å². The van der Waals surface area contributed by atoms with Gasteiger partial charge in [-0.2, -0.15) is 0 Å². The zero-order valence-electron chi connectivity index (χ0n) is 18.1. The van der Waals surface area contributed by atoms with Crippen LogP contribution in [0.25, 0.3) is 0 Å². The number of thiophene rings is 1. The molecule has 0 atom stereocenters. The van der Waals surface area contributed by atoms with E-state index >= 15 is 0 Å². The van der Waals surface area contributed by atoms with Gasteiger partial charge in [0.25, 0.3) is 5.91 Å². The van der Waals surface area contributed by atoms with Crippen molar-refractivity contribution < 1.29 is 9.59 Å². The molecule has 32 heavy (non-hydrogen) atoms. The maximum absolute atomic E-state index is 12.6. The molecular formula is C24H29ClN4O2S. The zero-order chi connectivity index (χ0) is 22.3. The lowest BCUT2D eigenvalue weighted by atomic mass is 9.84. The Balaban J connectivity index is 1.21. The van der Waals surface area contributed by atoms with E-state index in [1.165, 1.54) is 16.9 Å². The van der Waals surface area contributed by atoms with Gasteiger partial charge in [-0.1, -0.05) is 41.9 Å². The van der Waals surface area contributed by atoms with Gasteiger partial charge in [-0.3, -0.25) is 14.6 Å². The van der Waals surface area contributed by atoms with Gasteiger partial charge in [0.15, 0.2) is 0 Å². The number of hydrogen-bond donors (Lipinski definition) is 2. The third-order valence-electron chi connectivity index (χ3n) is 6.14. The van der Waals surface area contributed by atoms with Gasteiger partial charge in [0.1, 0.15) is 5.84 Å². The van der Waals surface area contributed by atoms with E-state index in [0.29, 0.717) is 28.3 Å². The SMILES string of the molecule is O=C(NCCNC(=O)C1CCC(N2CCCN=C2c2ccccc2)CC1)c1ccc(Cl)s1. The molecule has 4 rings (SSSR count). The van der Waals surface area contributed by atoms with Crippen molar-refractivity contribution in [2.45, 2.75) is 38.1 Å². The molecule has 2 amide bonds. The molecule has 1 aliphatic carbocycles. The second kappa shape index (κ2) is 11.0. The fourth-order valence-electron chi connectivity index (χ4n) is 4.50. The number of amidine groups is 1. The third-order valence-corrected chi connectivity index (χ3v) is 7.37. The van der Waals surface area contributed by atoms with Crippen LogP contribution < -0.4 is 10.6 Å². The van der Waals surface area contributed by atoms with Crippen molar-refractivity contribution in [3.63, 3.8) is 0 Å². The Morgan fingerprint density at radius 3 is 2.50 bits per heavy atom. The second-order valence-electron chi connectivity index (χ2n) is 8.27. The van der Waals surface area contributed by atoms with Gasteiger partial charge in [-0.25, -0.2) is 0 Å². The summed E-state index contributed by atoms with van der Waals surface area (Å²) >= 11 is 7.11. The molecular weight excluding hydrogens is 444 g/mol. The highest BCUT2D eigenvalue weighted by atomic mass is 35.5. The van der Waals surface area contributed by atoms with Crippen LogP contribution in [-0.2, 0) is 4.79 Å². The van der Waals surface area contributed by atoms with Crippen molar-refractivity contribution in [2.75, 3.05) is 26.2 Å². The molecule has 0 radical (unpaired) electrons. The standard InChI is InChI=1S/C24H29ClN4O2S/c25-21-12-11-20(32-21)24(31)28-15-14-27-23(30)18-7-9-19(10-8-18)29-16-4-13-26-22(29)17-5-2-1-3-6-17/h1-3,5-6,11-12,18-19H,4,7-10,13-16H2,(H,27,30)(H,28,31). The van der Waals surface area contributed by atoms with Crippen LogP contribution in [0.5, 0.6) is 0 Å². The van der Waals surface area contributed by atoms with Crippen LogP contribution in [0, 0.1) is 5.92 Å². The minimum Gasteiger partial charge on any atom is -0.354 e. The molecule has 1 aromatic heterocycles. The maximum atomic E-state index is 12.6. The molecule has 1 aliphatic heterocycles. The summed E-state index contributed by atoms with van der Waals surface area (Å²) in [5.74, 6) is 1.08. The predicted octanol–water partition coefficient (Wildman–Crippen LogP) is 3.96. The van der Waals surface area contributed by atoms with Gasteiger partial charge in [-0.05, 0) is 44.2 Å². The summed E-state index contributed by atoms with van der Waals surface area (Å²) in [6.45, 7) is 2.75. The Labute approximate surface area is 198 Å². The zero-order valence-corrected chi connectivity index (χ0v) is 19.6. The van der Waals surface area contributed by atoms with Gasteiger partial charge in [-0.15, -0.1) is 11.3 Å². The molecule has 1 fully saturated rings. The molecule has 170 valence electrons. The molecule has 0 spiro atoms. The van der Waals surface area contributed by atoms with Crippen molar-refractivity contribution in [2.24, 2.45) is 10.9 Å². The molecule has 2 aromatic rings. The third kappa shape index (κ3) is 5.70. The normalized spacial score (nSPS) is 21.0. The summed E-state index contributed by atoms with van der Waals surface area (Å²) in [5.41, 5.74) is 1.18. The molecule has 1 aromatic carbocycles. The number of amides is 2. The Bertz CT molecular complexity index is 954. The van der Waals surface area contributed by atoms with Crippen LogP contribution in [0.15, 0.2) is 47.5 Å². The summed E-state index contributed by atoms with van der Waals surface area (Å²) in [4.78, 5) is 32.5. The van der Waals surface area contributed by atoms with E-state index in [1.54, 1.807) is 12.1 Å². The number of carbonyl (C=O) groups is 2. The van der Waals surface area contributed by atoms with E-state index in [9.17, 15) is 9.59 Å². The van der Waals surface area contributed by atoms with Gasteiger partial charge in [0.2, 0.25) is 5.91 Å². The van der Waals surface area contributed by atoms with E-state index in [-0.39, 0.29) is 17.7 Å². The topological polar surface area (TPSA) is 73.8 Å². The Morgan fingerprint density at radius 2 is 1.78 bits per heavy atom. The molecule has 2 aliphatic rings. The summed E-state index contributed by atoms with van der Waals surface area (Å²) in [7, 11) is 0. The number of benzene rings is 1. The smallest absolute Gasteiger partial charge is 0.261 e. The molecule has 6 nitrogen and oxygen atoms in total. The summed E-state index contributed by atoms with van der Waals surface area (Å²) in [6.07, 6.45) is 4.85. The highest BCUT2D eigenvalue weighted by Gasteiger charge is 2.31. The predicted molar refractivity (Wildman–Crippen MR) is 130 cm³/mol. The molecule has 0 bridgehead atoms. The average Bonchev–Trinajstić information content (AvgIpc) is 3.28. The lowest BCUT2D eigenvalue weighted by molar-refractivity contribution is -0.126. The Kier molecular flexibility index (Phi) is 7.81. The summed E-state index contributed by atoms with van der Waals surface area (Å²) in [5, 5.41) is 5.80. The molecule has 0 saturated heterocycles. The molecule has 2 N–H and O–H groups in total. The first-order valence-corrected chi connectivity index (χ1v) is 12.5. The van der Waals surface area contributed by atoms with Gasteiger partial charge in [0.05, 0.1) is 9.21 Å². The minimum atomic E-state index is -0.158. The largest absolute Gasteiger partial charge is 0.354 e. The second-order valence-corrected chi connectivity index (χ2v) is 9.99. The molecule has 0 unspecified atom stereocenters. The minimum absolute atomic E-state index is 0.0416. The lowest BCUT2D eigenvalue weighted by Crippen LogP contribution is -2.47. The first kappa shape index (κ1) is 22.8. The number of aliphatic imine (C=N–C) groups is 1. The first-order valence-electron chi connectivity index (χ1n) is 11.3. The Hall–Kier alpha value is -2.38. The van der Waals surface area contributed by atoms with Crippen LogP contribution in [0.2, 0.25) is 4.34 Å². The van der Waals surface area contributed by atoms with Gasteiger partial charge < -0.3 is 15.5 Å². The number of nitrogens with zero attached hydrogens (tertiary/aromatic N) is 2. The number of rotatable bonds is 7. The molecule has 2 heterocycles. The van der Waals surface area contributed by atoms with E-state index < -0.39 is 0 Å². The number of nitrogens with one attached hydrogen (secondary N) is 2. The number of carbonyl (C=O) groups excluding carboxylic acids is 2. The van der Waals surface area contributed by atoms with Crippen molar-refractivity contribution in [3.8, 4) is 0 Å². The fourth-order valence-corrected chi connectivity index (χ4v) is 5.46. The Morgan fingerprint density at radius 1 is 1.03 bits per heavy atom. The number of hydrogen-bond acceptors (Lipinski definition) is 5. The molecule has 8 heteroatoms. The van der Waals surface area contributed by atoms with Gasteiger partial charge >= 0.3 is 0 Å². The van der Waals surface area contributed by atoms with Crippen LogP contribution >= 0.6 is 22.9 Å². The quantitative estimate of drug-likeness (QED) is 0.599. The van der Waals surface area contributed by atoms with Gasteiger partial charge in [0, 0.05) is 43.7 Å². The summed E-state index contributed by atoms with van der Waals surface area (Å²) < 4.78 is 0.589. The molecule has 1 saturated carbocycles. The van der Waals surface area contributed by atoms with Crippen LogP contribution in [0.1, 0.15) is 47.3 Å². The first-order chi connectivity index (χ1) is 15.6. The number of halogens is 1. The van der Waals surface area contributed by atoms with Crippen molar-refractivity contribution in [1.82, 2.24) is 15.5 Å².